The van der Waals surface area contributed by atoms with Crippen molar-refractivity contribution < 1.29 is 0 Å². The van der Waals surface area contributed by atoms with Gasteiger partial charge in [-0.05, 0) is 43.5 Å². The van der Waals surface area contributed by atoms with E-state index in [0.29, 0.717) is 16.8 Å². The van der Waals surface area contributed by atoms with Crippen LogP contribution in [0.3, 0.4) is 0 Å². The molecule has 4 rings (SSSR count). The van der Waals surface area contributed by atoms with Crippen LogP contribution in [0, 0.1) is 6.92 Å². The fraction of sp³-hybridized carbons (Fsp3) is 0.304. The summed E-state index contributed by atoms with van der Waals surface area (Å²) in [4.78, 5) is 14.8. The van der Waals surface area contributed by atoms with Gasteiger partial charge in [0.1, 0.15) is 5.02 Å². The van der Waals surface area contributed by atoms with E-state index in [1.807, 2.05) is 6.07 Å². The van der Waals surface area contributed by atoms with E-state index in [4.69, 9.17) is 34.8 Å². The van der Waals surface area contributed by atoms with Crippen molar-refractivity contribution in [2.75, 3.05) is 18.4 Å². The van der Waals surface area contributed by atoms with Gasteiger partial charge in [-0.25, -0.2) is 0 Å². The second kappa shape index (κ2) is 9.61. The number of benzene rings is 2. The average Bonchev–Trinajstić information content (AvgIpc) is 2.75. The van der Waals surface area contributed by atoms with Crippen molar-refractivity contribution in [3.05, 3.63) is 85.2 Å². The summed E-state index contributed by atoms with van der Waals surface area (Å²) in [5.74, 6) is 0. The maximum absolute atomic E-state index is 12.3. The molecule has 1 aliphatic rings. The highest BCUT2D eigenvalue weighted by Gasteiger charge is 2.20. The first-order valence-corrected chi connectivity index (χ1v) is 11.3. The fourth-order valence-electron chi connectivity index (χ4n) is 3.87. The monoisotopic (exact) mass is 476 g/mol. The molecule has 0 aliphatic carbocycles. The molecule has 0 spiro atoms. The van der Waals surface area contributed by atoms with Crippen LogP contribution in [-0.4, -0.2) is 33.8 Å². The van der Waals surface area contributed by atoms with Gasteiger partial charge in [0.2, 0.25) is 0 Å². The molecule has 31 heavy (non-hydrogen) atoms. The number of rotatable bonds is 5. The Kier molecular flexibility index (Phi) is 6.87. The van der Waals surface area contributed by atoms with Gasteiger partial charge in [0.25, 0.3) is 5.56 Å². The Hall–Kier alpha value is -2.05. The van der Waals surface area contributed by atoms with Gasteiger partial charge in [-0.1, -0.05) is 64.6 Å². The molecule has 5 nitrogen and oxygen atoms in total. The molecular weight excluding hydrogens is 455 g/mol. The van der Waals surface area contributed by atoms with Gasteiger partial charge in [0.05, 0.1) is 27.6 Å². The smallest absolute Gasteiger partial charge is 0.291 e. The minimum absolute atomic E-state index is 0.0626. The Morgan fingerprint density at radius 1 is 1.06 bits per heavy atom. The minimum atomic E-state index is -0.480. The van der Waals surface area contributed by atoms with Crippen molar-refractivity contribution in [1.82, 2.24) is 14.7 Å². The number of likely N-dealkylation sites (tertiary alicyclic amines) is 1. The predicted octanol–water partition coefficient (Wildman–Crippen LogP) is 5.58. The number of nitrogens with one attached hydrogen (secondary N) is 1. The first-order chi connectivity index (χ1) is 14.9. The largest absolute Gasteiger partial charge is 0.381 e. The molecule has 1 N–H and O–H groups in total. The number of anilines is 1. The van der Waals surface area contributed by atoms with Crippen LogP contribution in [0.2, 0.25) is 15.1 Å². The van der Waals surface area contributed by atoms with Gasteiger partial charge < -0.3 is 5.32 Å². The Morgan fingerprint density at radius 2 is 1.84 bits per heavy atom. The number of nitrogens with zero attached hydrogens (tertiary/aromatic N) is 3. The zero-order valence-electron chi connectivity index (χ0n) is 17.1. The molecule has 0 unspecified atom stereocenters. The third kappa shape index (κ3) is 5.24. The van der Waals surface area contributed by atoms with Crippen LogP contribution in [0.15, 0.2) is 53.5 Å². The lowest BCUT2D eigenvalue weighted by Crippen LogP contribution is -2.38. The molecule has 0 atom stereocenters. The van der Waals surface area contributed by atoms with Crippen LogP contribution in [0.5, 0.6) is 0 Å². The summed E-state index contributed by atoms with van der Waals surface area (Å²) < 4.78 is 1.19. The maximum Gasteiger partial charge on any atom is 0.291 e. The van der Waals surface area contributed by atoms with Crippen LogP contribution in [0.25, 0.3) is 5.69 Å². The Labute approximate surface area is 196 Å². The standard InChI is InChI=1S/C23H23Cl3N4O/c1-15-3-2-4-16(11-15)14-29-9-7-17(8-10-29)28-21-6-5-18(12-19(21)24)30-23(31)22(26)20(25)13-27-30/h2-6,11-13,17,28H,7-10,14H2,1H3. The van der Waals surface area contributed by atoms with E-state index in [1.54, 1.807) is 12.1 Å². The number of piperidine rings is 1. The minimum Gasteiger partial charge on any atom is -0.381 e. The molecule has 8 heteroatoms. The topological polar surface area (TPSA) is 50.2 Å². The first-order valence-electron chi connectivity index (χ1n) is 10.2. The molecule has 1 saturated heterocycles. The quantitative estimate of drug-likeness (QED) is 0.521. The molecule has 0 radical (unpaired) electrons. The van der Waals surface area contributed by atoms with Crippen LogP contribution in [0.4, 0.5) is 5.69 Å². The highest BCUT2D eigenvalue weighted by atomic mass is 35.5. The first kappa shape index (κ1) is 22.2. The summed E-state index contributed by atoms with van der Waals surface area (Å²) in [5, 5.41) is 8.18. The second-order valence-corrected chi connectivity index (χ2v) is 9.06. The third-order valence-corrected chi connectivity index (χ3v) is 6.57. The zero-order valence-corrected chi connectivity index (χ0v) is 19.4. The van der Waals surface area contributed by atoms with Crippen molar-refractivity contribution in [3.63, 3.8) is 0 Å². The summed E-state index contributed by atoms with van der Waals surface area (Å²) >= 11 is 18.3. The van der Waals surface area contributed by atoms with Gasteiger partial charge in [-0.3, -0.25) is 9.69 Å². The van der Waals surface area contributed by atoms with Crippen LogP contribution < -0.4 is 10.9 Å². The van der Waals surface area contributed by atoms with Gasteiger partial charge in [0, 0.05) is 25.7 Å². The summed E-state index contributed by atoms with van der Waals surface area (Å²) in [6.07, 6.45) is 3.42. The second-order valence-electron chi connectivity index (χ2n) is 7.87. The van der Waals surface area contributed by atoms with Gasteiger partial charge >= 0.3 is 0 Å². The summed E-state index contributed by atoms with van der Waals surface area (Å²) in [5.41, 5.74) is 3.55. The van der Waals surface area contributed by atoms with Crippen molar-refractivity contribution >= 4 is 40.5 Å². The van der Waals surface area contributed by atoms with E-state index < -0.39 is 5.56 Å². The molecule has 0 amide bonds. The van der Waals surface area contributed by atoms with E-state index in [-0.39, 0.29) is 10.0 Å². The normalized spacial score (nSPS) is 15.2. The summed E-state index contributed by atoms with van der Waals surface area (Å²) in [7, 11) is 0. The van der Waals surface area contributed by atoms with Gasteiger partial charge in [-0.15, -0.1) is 0 Å². The molecule has 1 aliphatic heterocycles. The van der Waals surface area contributed by atoms with E-state index >= 15 is 0 Å². The number of halogens is 3. The predicted molar refractivity (Wildman–Crippen MR) is 128 cm³/mol. The lowest BCUT2D eigenvalue weighted by atomic mass is 10.0. The highest BCUT2D eigenvalue weighted by molar-refractivity contribution is 6.41. The molecule has 2 heterocycles. The van der Waals surface area contributed by atoms with E-state index in [0.717, 1.165) is 38.2 Å². The molecule has 1 fully saturated rings. The van der Waals surface area contributed by atoms with Crippen LogP contribution >= 0.6 is 34.8 Å². The van der Waals surface area contributed by atoms with Crippen LogP contribution in [-0.2, 0) is 6.54 Å². The molecule has 2 aromatic carbocycles. The van der Waals surface area contributed by atoms with Crippen LogP contribution in [0.1, 0.15) is 24.0 Å². The number of aryl methyl sites for hydroxylation is 1. The molecule has 1 aromatic heterocycles. The lowest BCUT2D eigenvalue weighted by Gasteiger charge is -2.33. The van der Waals surface area contributed by atoms with Crippen molar-refractivity contribution in [2.24, 2.45) is 0 Å². The maximum atomic E-state index is 12.3. The number of hydrogen-bond donors (Lipinski definition) is 1. The highest BCUT2D eigenvalue weighted by Crippen LogP contribution is 2.27. The van der Waals surface area contributed by atoms with E-state index in [9.17, 15) is 4.79 Å². The molecule has 0 bridgehead atoms. The molecule has 3 aromatic rings. The Balaban J connectivity index is 1.38. The fourth-order valence-corrected chi connectivity index (χ4v) is 4.36. The Bertz CT molecular complexity index is 1140. The molecule has 0 saturated carbocycles. The van der Waals surface area contributed by atoms with Crippen molar-refractivity contribution in [3.8, 4) is 5.69 Å². The van der Waals surface area contributed by atoms with Gasteiger partial charge in [-0.2, -0.15) is 9.78 Å². The lowest BCUT2D eigenvalue weighted by molar-refractivity contribution is 0.211. The Morgan fingerprint density at radius 3 is 2.55 bits per heavy atom. The third-order valence-electron chi connectivity index (χ3n) is 5.51. The SMILES string of the molecule is Cc1cccc(CN2CCC(Nc3ccc(-n4ncc(Cl)c(Cl)c4=O)cc3Cl)CC2)c1. The van der Waals surface area contributed by atoms with Crippen molar-refractivity contribution in [2.45, 2.75) is 32.4 Å². The number of aromatic nitrogens is 2. The average molecular weight is 478 g/mol. The summed E-state index contributed by atoms with van der Waals surface area (Å²) in [6, 6.07) is 14.4. The van der Waals surface area contributed by atoms with E-state index in [2.05, 4.69) is 46.5 Å². The summed E-state index contributed by atoms with van der Waals surface area (Å²) in [6.45, 7) is 5.17. The molecular formula is C23H23Cl3N4O. The number of hydrogen-bond acceptors (Lipinski definition) is 4. The van der Waals surface area contributed by atoms with E-state index in [1.165, 1.54) is 22.0 Å². The van der Waals surface area contributed by atoms with Gasteiger partial charge in [0.15, 0.2) is 0 Å². The van der Waals surface area contributed by atoms with Crippen molar-refractivity contribution in [1.29, 1.82) is 0 Å². The zero-order chi connectivity index (χ0) is 22.0. The molecule has 162 valence electrons.